The lowest BCUT2D eigenvalue weighted by Crippen LogP contribution is -2.18. The minimum atomic E-state index is 0.421. The van der Waals surface area contributed by atoms with Gasteiger partial charge in [-0.15, -0.1) is 0 Å². The third-order valence-electron chi connectivity index (χ3n) is 3.09. The molecule has 0 saturated carbocycles. The van der Waals surface area contributed by atoms with E-state index in [4.69, 9.17) is 18.0 Å². The Kier molecular flexibility index (Phi) is 4.63. The number of benzene rings is 1. The summed E-state index contributed by atoms with van der Waals surface area (Å²) in [5.74, 6) is 0.914. The zero-order valence-electron chi connectivity index (χ0n) is 11.7. The molecular formula is C15H18N4S. The van der Waals surface area contributed by atoms with Gasteiger partial charge in [0.15, 0.2) is 0 Å². The summed E-state index contributed by atoms with van der Waals surface area (Å²) >= 11 is 5.01. The fourth-order valence-corrected chi connectivity index (χ4v) is 2.09. The van der Waals surface area contributed by atoms with E-state index in [9.17, 15) is 0 Å². The summed E-state index contributed by atoms with van der Waals surface area (Å²) in [6.07, 6.45) is 2.51. The first-order chi connectivity index (χ1) is 9.60. The minimum absolute atomic E-state index is 0.421. The Morgan fingerprint density at radius 2 is 2.10 bits per heavy atom. The van der Waals surface area contributed by atoms with Gasteiger partial charge in [0.1, 0.15) is 17.1 Å². The Labute approximate surface area is 124 Å². The van der Waals surface area contributed by atoms with Crippen LogP contribution in [0.5, 0.6) is 0 Å². The standard InChI is InChI=1S/C15H18N4S/c1-3-13-8-14(18-10-17-13)19(2)9-11-5-4-6-12(7-11)15(16)20/h4-8,10H,3,9H2,1-2H3,(H2,16,20). The summed E-state index contributed by atoms with van der Waals surface area (Å²) in [6, 6.07) is 9.97. The highest BCUT2D eigenvalue weighted by atomic mass is 32.1. The third-order valence-corrected chi connectivity index (χ3v) is 3.33. The summed E-state index contributed by atoms with van der Waals surface area (Å²) in [7, 11) is 2.01. The van der Waals surface area contributed by atoms with Crippen LogP contribution in [0.2, 0.25) is 0 Å². The maximum atomic E-state index is 5.66. The van der Waals surface area contributed by atoms with E-state index in [1.165, 1.54) is 0 Å². The van der Waals surface area contributed by atoms with Gasteiger partial charge >= 0.3 is 0 Å². The van der Waals surface area contributed by atoms with Gasteiger partial charge in [0.05, 0.1) is 0 Å². The number of hydrogen-bond donors (Lipinski definition) is 1. The molecule has 20 heavy (non-hydrogen) atoms. The summed E-state index contributed by atoms with van der Waals surface area (Å²) < 4.78 is 0. The first-order valence-corrected chi connectivity index (χ1v) is 6.91. The lowest BCUT2D eigenvalue weighted by Gasteiger charge is -2.18. The molecule has 0 saturated heterocycles. The molecule has 5 heteroatoms. The van der Waals surface area contributed by atoms with Crippen molar-refractivity contribution in [2.24, 2.45) is 5.73 Å². The fourth-order valence-electron chi connectivity index (χ4n) is 1.97. The van der Waals surface area contributed by atoms with E-state index >= 15 is 0 Å². The zero-order chi connectivity index (χ0) is 14.5. The third kappa shape index (κ3) is 3.51. The Balaban J connectivity index is 2.16. The number of nitrogens with two attached hydrogens (primary N) is 1. The van der Waals surface area contributed by atoms with E-state index in [1.807, 2.05) is 31.3 Å². The minimum Gasteiger partial charge on any atom is -0.389 e. The van der Waals surface area contributed by atoms with Crippen LogP contribution >= 0.6 is 12.2 Å². The molecule has 2 aromatic rings. The summed E-state index contributed by atoms with van der Waals surface area (Å²) in [6.45, 7) is 2.83. The van der Waals surface area contributed by atoms with Crippen molar-refractivity contribution in [2.45, 2.75) is 19.9 Å². The summed E-state index contributed by atoms with van der Waals surface area (Å²) in [4.78, 5) is 11.0. The Morgan fingerprint density at radius 1 is 1.30 bits per heavy atom. The summed E-state index contributed by atoms with van der Waals surface area (Å²) in [5.41, 5.74) is 8.74. The van der Waals surface area contributed by atoms with Gasteiger partial charge in [0, 0.05) is 30.9 Å². The van der Waals surface area contributed by atoms with Crippen molar-refractivity contribution in [2.75, 3.05) is 11.9 Å². The number of hydrogen-bond acceptors (Lipinski definition) is 4. The average Bonchev–Trinajstić information content (AvgIpc) is 2.47. The Hall–Kier alpha value is -2.01. The van der Waals surface area contributed by atoms with Crippen molar-refractivity contribution in [3.63, 3.8) is 0 Å². The van der Waals surface area contributed by atoms with Crippen molar-refractivity contribution in [3.05, 3.63) is 53.5 Å². The highest BCUT2D eigenvalue weighted by molar-refractivity contribution is 7.80. The predicted molar refractivity (Wildman–Crippen MR) is 85.8 cm³/mol. The van der Waals surface area contributed by atoms with E-state index in [0.29, 0.717) is 4.99 Å². The van der Waals surface area contributed by atoms with Gasteiger partial charge in [-0.3, -0.25) is 0 Å². The number of anilines is 1. The van der Waals surface area contributed by atoms with E-state index in [-0.39, 0.29) is 0 Å². The SMILES string of the molecule is CCc1cc(N(C)Cc2cccc(C(N)=S)c2)ncn1. The van der Waals surface area contributed by atoms with Crippen molar-refractivity contribution >= 4 is 23.0 Å². The van der Waals surface area contributed by atoms with Crippen LogP contribution in [0.15, 0.2) is 36.7 Å². The quantitative estimate of drug-likeness (QED) is 0.855. The highest BCUT2D eigenvalue weighted by Gasteiger charge is 2.06. The maximum Gasteiger partial charge on any atom is 0.132 e. The highest BCUT2D eigenvalue weighted by Crippen LogP contribution is 2.14. The monoisotopic (exact) mass is 286 g/mol. The van der Waals surface area contributed by atoms with Crippen molar-refractivity contribution in [1.29, 1.82) is 0 Å². The maximum absolute atomic E-state index is 5.66. The number of nitrogens with zero attached hydrogens (tertiary/aromatic N) is 3. The normalized spacial score (nSPS) is 10.3. The van der Waals surface area contributed by atoms with Crippen LogP contribution in [0.4, 0.5) is 5.82 Å². The van der Waals surface area contributed by atoms with E-state index in [0.717, 1.165) is 35.6 Å². The Morgan fingerprint density at radius 3 is 2.80 bits per heavy atom. The van der Waals surface area contributed by atoms with Crippen LogP contribution in [0.3, 0.4) is 0 Å². The second-order valence-electron chi connectivity index (χ2n) is 4.64. The Bertz CT molecular complexity index is 612. The molecule has 0 radical (unpaired) electrons. The molecule has 2 N–H and O–H groups in total. The number of aryl methyl sites for hydroxylation is 1. The molecule has 0 aliphatic rings. The molecule has 0 aliphatic heterocycles. The van der Waals surface area contributed by atoms with Gasteiger partial charge in [0.25, 0.3) is 0 Å². The molecule has 0 bridgehead atoms. The molecule has 1 aromatic carbocycles. The van der Waals surface area contributed by atoms with Crippen molar-refractivity contribution in [1.82, 2.24) is 9.97 Å². The molecule has 0 fully saturated rings. The van der Waals surface area contributed by atoms with Gasteiger partial charge in [-0.25, -0.2) is 9.97 Å². The van der Waals surface area contributed by atoms with E-state index < -0.39 is 0 Å². The molecule has 0 spiro atoms. The van der Waals surface area contributed by atoms with Gasteiger partial charge in [-0.1, -0.05) is 37.3 Å². The van der Waals surface area contributed by atoms with Gasteiger partial charge in [-0.2, -0.15) is 0 Å². The number of rotatable bonds is 5. The van der Waals surface area contributed by atoms with Crippen LogP contribution in [0.25, 0.3) is 0 Å². The van der Waals surface area contributed by atoms with Gasteiger partial charge in [-0.05, 0) is 18.1 Å². The molecule has 1 heterocycles. The zero-order valence-corrected chi connectivity index (χ0v) is 12.5. The number of thiocarbonyl (C=S) groups is 1. The summed E-state index contributed by atoms with van der Waals surface area (Å²) in [5, 5.41) is 0. The first kappa shape index (κ1) is 14.4. The molecule has 0 unspecified atom stereocenters. The lowest BCUT2D eigenvalue weighted by molar-refractivity contribution is 0.878. The van der Waals surface area contributed by atoms with Crippen molar-refractivity contribution in [3.8, 4) is 0 Å². The van der Waals surface area contributed by atoms with Crippen LogP contribution < -0.4 is 10.6 Å². The van der Waals surface area contributed by atoms with Gasteiger partial charge < -0.3 is 10.6 Å². The smallest absolute Gasteiger partial charge is 0.132 e. The largest absolute Gasteiger partial charge is 0.389 e. The van der Waals surface area contributed by atoms with Crippen LogP contribution in [0.1, 0.15) is 23.7 Å². The fraction of sp³-hybridized carbons (Fsp3) is 0.267. The lowest BCUT2D eigenvalue weighted by atomic mass is 10.1. The first-order valence-electron chi connectivity index (χ1n) is 6.51. The van der Waals surface area contributed by atoms with E-state index in [2.05, 4.69) is 27.9 Å². The van der Waals surface area contributed by atoms with Crippen LogP contribution in [0, 0.1) is 0 Å². The van der Waals surface area contributed by atoms with E-state index in [1.54, 1.807) is 6.33 Å². The molecule has 1 aromatic heterocycles. The predicted octanol–water partition coefficient (Wildman–Crippen LogP) is 2.31. The second-order valence-corrected chi connectivity index (χ2v) is 5.08. The molecule has 0 aliphatic carbocycles. The molecule has 0 atom stereocenters. The van der Waals surface area contributed by atoms with Crippen molar-refractivity contribution < 1.29 is 0 Å². The molecular weight excluding hydrogens is 268 g/mol. The molecule has 2 rings (SSSR count). The molecule has 0 amide bonds. The second kappa shape index (κ2) is 6.43. The van der Waals surface area contributed by atoms with Gasteiger partial charge in [0.2, 0.25) is 0 Å². The van der Waals surface area contributed by atoms with Crippen LogP contribution in [-0.2, 0) is 13.0 Å². The molecule has 4 nitrogen and oxygen atoms in total. The average molecular weight is 286 g/mol. The van der Waals surface area contributed by atoms with Crippen LogP contribution in [-0.4, -0.2) is 22.0 Å². The molecule has 104 valence electrons. The number of aromatic nitrogens is 2. The topological polar surface area (TPSA) is 55.0 Å².